The molecular formula is C26H29F3N6O4S. The number of amides is 4. The summed E-state index contributed by atoms with van der Waals surface area (Å²) in [6.07, 6.45) is -3.92. The summed E-state index contributed by atoms with van der Waals surface area (Å²) in [7, 11) is 0. The van der Waals surface area contributed by atoms with Gasteiger partial charge in [0, 0.05) is 42.9 Å². The highest BCUT2D eigenvalue weighted by molar-refractivity contribution is 7.13. The number of hydrogen-bond donors (Lipinski definition) is 4. The average Bonchev–Trinajstić information content (AvgIpc) is 3.39. The summed E-state index contributed by atoms with van der Waals surface area (Å²) in [5.74, 6) is -0.0556. The number of alkyl halides is 3. The van der Waals surface area contributed by atoms with Gasteiger partial charge in [-0.1, -0.05) is 6.92 Å². The lowest BCUT2D eigenvalue weighted by Gasteiger charge is -2.36. The normalized spacial score (nSPS) is 13.6. The molecule has 0 bridgehead atoms. The summed E-state index contributed by atoms with van der Waals surface area (Å²) in [4.78, 5) is 32.8. The number of nitrogens with zero attached hydrogens (tertiary/aromatic N) is 3. The van der Waals surface area contributed by atoms with E-state index in [0.717, 1.165) is 29.9 Å². The van der Waals surface area contributed by atoms with Gasteiger partial charge in [-0.3, -0.25) is 5.32 Å². The Kier molecular flexibility index (Phi) is 9.32. The summed E-state index contributed by atoms with van der Waals surface area (Å²) >= 11 is 1.36. The van der Waals surface area contributed by atoms with Gasteiger partial charge in [-0.05, 0) is 48.9 Å². The Labute approximate surface area is 232 Å². The molecule has 1 aliphatic rings. The molecule has 0 spiro atoms. The van der Waals surface area contributed by atoms with E-state index in [9.17, 15) is 22.8 Å². The molecule has 2 aromatic carbocycles. The van der Waals surface area contributed by atoms with Gasteiger partial charge in [0.1, 0.15) is 12.4 Å². The highest BCUT2D eigenvalue weighted by Crippen LogP contribution is 2.37. The summed E-state index contributed by atoms with van der Waals surface area (Å²) in [5.41, 5.74) is 0.988. The van der Waals surface area contributed by atoms with Crippen LogP contribution in [-0.4, -0.2) is 66.4 Å². The molecule has 3 aromatic rings. The molecule has 40 heavy (non-hydrogen) atoms. The van der Waals surface area contributed by atoms with Crippen LogP contribution in [0.4, 0.5) is 45.0 Å². The Hall–Kier alpha value is -4.04. The van der Waals surface area contributed by atoms with Crippen molar-refractivity contribution in [2.24, 2.45) is 0 Å². The van der Waals surface area contributed by atoms with Crippen LogP contribution in [0.15, 0.2) is 47.8 Å². The predicted molar refractivity (Wildman–Crippen MR) is 147 cm³/mol. The van der Waals surface area contributed by atoms with Crippen molar-refractivity contribution in [3.8, 4) is 5.75 Å². The zero-order chi connectivity index (χ0) is 28.7. The van der Waals surface area contributed by atoms with Gasteiger partial charge in [-0.15, -0.1) is 11.3 Å². The van der Waals surface area contributed by atoms with Crippen LogP contribution in [0.1, 0.15) is 18.2 Å². The molecule has 0 saturated carbocycles. The zero-order valence-corrected chi connectivity index (χ0v) is 22.4. The number of urea groups is 2. The monoisotopic (exact) mass is 578 g/mol. The third-order valence-corrected chi connectivity index (χ3v) is 6.90. The fourth-order valence-corrected chi connectivity index (χ4v) is 4.81. The third kappa shape index (κ3) is 7.54. The Morgan fingerprint density at radius 1 is 1.05 bits per heavy atom. The molecular weight excluding hydrogens is 549 g/mol. The molecule has 0 atom stereocenters. The van der Waals surface area contributed by atoms with E-state index in [4.69, 9.17) is 9.84 Å². The van der Waals surface area contributed by atoms with Crippen molar-refractivity contribution in [1.29, 1.82) is 0 Å². The second-order valence-corrected chi connectivity index (χ2v) is 9.66. The summed E-state index contributed by atoms with van der Waals surface area (Å²) in [5, 5.41) is 19.1. The van der Waals surface area contributed by atoms with E-state index in [1.54, 1.807) is 12.1 Å². The maximum Gasteiger partial charge on any atom is 0.418 e. The second-order valence-electron chi connectivity index (χ2n) is 8.81. The van der Waals surface area contributed by atoms with Crippen LogP contribution < -0.4 is 25.6 Å². The van der Waals surface area contributed by atoms with Crippen LogP contribution >= 0.6 is 11.3 Å². The van der Waals surface area contributed by atoms with Crippen molar-refractivity contribution in [1.82, 2.24) is 9.88 Å². The number of aryl methyl sites for hydroxylation is 1. The summed E-state index contributed by atoms with van der Waals surface area (Å²) < 4.78 is 45.8. The van der Waals surface area contributed by atoms with Gasteiger partial charge >= 0.3 is 18.2 Å². The summed E-state index contributed by atoms with van der Waals surface area (Å²) in [6, 6.07) is 9.43. The van der Waals surface area contributed by atoms with Crippen LogP contribution in [0, 0.1) is 0 Å². The largest absolute Gasteiger partial charge is 0.491 e. The minimum absolute atomic E-state index is 0.0556. The lowest BCUT2D eigenvalue weighted by atomic mass is 10.1. The molecule has 2 heterocycles. The molecule has 10 nitrogen and oxygen atoms in total. The van der Waals surface area contributed by atoms with Gasteiger partial charge in [0.15, 0.2) is 5.13 Å². The predicted octanol–water partition coefficient (Wildman–Crippen LogP) is 5.09. The van der Waals surface area contributed by atoms with Crippen LogP contribution in [-0.2, 0) is 12.6 Å². The number of anilines is 4. The number of hydrogen-bond acceptors (Lipinski definition) is 7. The lowest BCUT2D eigenvalue weighted by Crippen LogP contribution is -2.50. The van der Waals surface area contributed by atoms with Gasteiger partial charge in [0.25, 0.3) is 0 Å². The van der Waals surface area contributed by atoms with Crippen molar-refractivity contribution in [2.45, 2.75) is 19.5 Å². The van der Waals surface area contributed by atoms with Crippen molar-refractivity contribution in [3.05, 3.63) is 59.1 Å². The molecule has 1 saturated heterocycles. The molecule has 1 aliphatic heterocycles. The molecule has 0 aliphatic carbocycles. The first-order valence-corrected chi connectivity index (χ1v) is 13.4. The highest BCUT2D eigenvalue weighted by Gasteiger charge is 2.35. The van der Waals surface area contributed by atoms with Crippen molar-refractivity contribution < 1.29 is 32.6 Å². The second kappa shape index (κ2) is 12.9. The number of piperazine rings is 1. The van der Waals surface area contributed by atoms with E-state index < -0.39 is 23.8 Å². The van der Waals surface area contributed by atoms with E-state index in [2.05, 4.69) is 20.9 Å². The quantitative estimate of drug-likeness (QED) is 0.296. The number of aromatic nitrogens is 1. The molecule has 1 fully saturated rings. The standard InChI is InChI=1S/C26H29F3N6O4S/c1-2-17-16-40-24(31-17)33-23(37)30-18-3-5-19(6-4-18)34-9-11-35(12-10-34)25(38)32-22-8-7-20(39-14-13-36)15-21(22)26(27,28)29/h3-8,15-16,36H,2,9-14H2,1H3,(H,32,38)(H2,30,31,33,37). The van der Waals surface area contributed by atoms with Gasteiger partial charge in [-0.2, -0.15) is 13.2 Å². The van der Waals surface area contributed by atoms with E-state index in [1.165, 1.54) is 22.3 Å². The average molecular weight is 579 g/mol. The maximum atomic E-state index is 13.6. The first kappa shape index (κ1) is 29.0. The molecule has 0 radical (unpaired) electrons. The first-order chi connectivity index (χ1) is 19.2. The fraction of sp³-hybridized carbons (Fsp3) is 0.346. The minimum Gasteiger partial charge on any atom is -0.491 e. The van der Waals surface area contributed by atoms with E-state index in [1.807, 2.05) is 29.3 Å². The van der Waals surface area contributed by atoms with Gasteiger partial charge < -0.3 is 30.3 Å². The molecule has 4 rings (SSSR count). The lowest BCUT2D eigenvalue weighted by molar-refractivity contribution is -0.137. The third-order valence-electron chi connectivity index (χ3n) is 6.09. The number of carbonyl (C=O) groups excluding carboxylic acids is 2. The highest BCUT2D eigenvalue weighted by atomic mass is 32.1. The van der Waals surface area contributed by atoms with E-state index in [-0.39, 0.29) is 24.7 Å². The SMILES string of the molecule is CCc1csc(NC(=O)Nc2ccc(N3CCN(C(=O)Nc4ccc(OCCO)cc4C(F)(F)F)CC3)cc2)n1. The Morgan fingerprint density at radius 2 is 1.77 bits per heavy atom. The topological polar surface area (TPSA) is 119 Å². The van der Waals surface area contributed by atoms with Crippen LogP contribution in [0.2, 0.25) is 0 Å². The Bertz CT molecular complexity index is 1310. The summed E-state index contributed by atoms with van der Waals surface area (Å²) in [6.45, 7) is 3.07. The minimum atomic E-state index is -4.71. The number of ether oxygens (including phenoxy) is 1. The maximum absolute atomic E-state index is 13.6. The molecule has 214 valence electrons. The molecule has 1 aromatic heterocycles. The van der Waals surface area contributed by atoms with Gasteiger partial charge in [-0.25, -0.2) is 14.6 Å². The van der Waals surface area contributed by atoms with E-state index in [0.29, 0.717) is 37.0 Å². The number of aliphatic hydroxyl groups is 1. The molecule has 4 N–H and O–H groups in total. The number of aliphatic hydroxyl groups excluding tert-OH is 1. The van der Waals surface area contributed by atoms with Crippen LogP contribution in [0.5, 0.6) is 5.75 Å². The molecule has 14 heteroatoms. The Morgan fingerprint density at radius 3 is 2.40 bits per heavy atom. The number of carbonyl (C=O) groups is 2. The van der Waals surface area contributed by atoms with E-state index >= 15 is 0 Å². The number of rotatable bonds is 8. The van der Waals surface area contributed by atoms with Crippen molar-refractivity contribution in [3.63, 3.8) is 0 Å². The Balaban J connectivity index is 1.29. The number of halogens is 3. The molecule has 4 amide bonds. The smallest absolute Gasteiger partial charge is 0.418 e. The fourth-order valence-electron chi connectivity index (χ4n) is 4.02. The number of nitrogens with one attached hydrogen (secondary N) is 3. The van der Waals surface area contributed by atoms with Crippen LogP contribution in [0.3, 0.4) is 0 Å². The number of thiazole rings is 1. The molecule has 0 unspecified atom stereocenters. The first-order valence-electron chi connectivity index (χ1n) is 12.5. The van der Waals surface area contributed by atoms with Gasteiger partial charge in [0.05, 0.1) is 23.6 Å². The number of benzene rings is 2. The van der Waals surface area contributed by atoms with Crippen molar-refractivity contribution >= 4 is 45.6 Å². The van der Waals surface area contributed by atoms with Gasteiger partial charge in [0.2, 0.25) is 0 Å². The van der Waals surface area contributed by atoms with Crippen LogP contribution in [0.25, 0.3) is 0 Å². The zero-order valence-electron chi connectivity index (χ0n) is 21.6. The van der Waals surface area contributed by atoms with Crippen molar-refractivity contribution in [2.75, 3.05) is 60.2 Å².